The van der Waals surface area contributed by atoms with E-state index in [2.05, 4.69) is 26.3 Å². The molecule has 2 aromatic carbocycles. The van der Waals surface area contributed by atoms with E-state index in [4.69, 9.17) is 4.74 Å². The number of aromatic nitrogens is 3. The number of nitrogens with one attached hydrogen (secondary N) is 3. The molecule has 6 rings (SSSR count). The highest BCUT2D eigenvalue weighted by Gasteiger charge is 2.45. The minimum atomic E-state index is -1.24. The van der Waals surface area contributed by atoms with Crippen LogP contribution < -0.4 is 20.7 Å². The van der Waals surface area contributed by atoms with E-state index >= 15 is 0 Å². The van der Waals surface area contributed by atoms with Gasteiger partial charge in [-0.25, -0.2) is 9.48 Å². The molecule has 0 spiro atoms. The first-order valence-electron chi connectivity index (χ1n) is 17.1. The number of benzene rings is 2. The number of hydrogen-bond acceptors (Lipinski definition) is 9. The van der Waals surface area contributed by atoms with Crippen molar-refractivity contribution in [3.63, 3.8) is 0 Å². The predicted molar refractivity (Wildman–Crippen MR) is 185 cm³/mol. The Kier molecular flexibility index (Phi) is 11.7. The third-order valence-electron chi connectivity index (χ3n) is 9.59. The van der Waals surface area contributed by atoms with Crippen molar-refractivity contribution in [3.8, 4) is 5.75 Å². The molecule has 4 N–H and O–H groups in total. The molecule has 3 aliphatic heterocycles. The quantitative estimate of drug-likeness (QED) is 0.263. The van der Waals surface area contributed by atoms with Gasteiger partial charge in [0.2, 0.25) is 23.6 Å². The molecule has 1 saturated heterocycles. The molecule has 15 nitrogen and oxygen atoms in total. The van der Waals surface area contributed by atoms with Crippen LogP contribution in [0, 0.1) is 5.92 Å². The highest BCUT2D eigenvalue weighted by atomic mass is 16.5. The molecular formula is C36H46N8O7. The third kappa shape index (κ3) is 8.71. The van der Waals surface area contributed by atoms with Crippen molar-refractivity contribution in [2.24, 2.45) is 5.92 Å². The summed E-state index contributed by atoms with van der Waals surface area (Å²) in [7, 11) is 3.06. The Morgan fingerprint density at radius 2 is 1.76 bits per heavy atom. The fraction of sp³-hybridized carbons (Fsp3) is 0.472. The molecule has 0 aliphatic carbocycles. The lowest BCUT2D eigenvalue weighted by atomic mass is 10.00. The van der Waals surface area contributed by atoms with Crippen molar-refractivity contribution in [1.82, 2.24) is 40.7 Å². The lowest BCUT2D eigenvalue weighted by molar-refractivity contribution is -0.150. The van der Waals surface area contributed by atoms with Crippen molar-refractivity contribution >= 4 is 29.6 Å². The van der Waals surface area contributed by atoms with Gasteiger partial charge >= 0.3 is 5.97 Å². The molecule has 1 fully saturated rings. The van der Waals surface area contributed by atoms with Gasteiger partial charge in [-0.05, 0) is 43.1 Å². The van der Waals surface area contributed by atoms with Gasteiger partial charge in [-0.1, -0.05) is 61.5 Å². The minimum absolute atomic E-state index is 0.0131. The summed E-state index contributed by atoms with van der Waals surface area (Å²) < 4.78 is 7.52. The number of carboxylic acid groups (broad SMARTS) is 1. The highest BCUT2D eigenvalue weighted by molar-refractivity contribution is 5.96. The monoisotopic (exact) mass is 702 g/mol. The maximum atomic E-state index is 14.3. The number of ether oxygens (including phenoxy) is 1. The molecule has 3 aromatic rings. The Morgan fingerprint density at radius 3 is 2.41 bits per heavy atom. The lowest BCUT2D eigenvalue weighted by Gasteiger charge is -2.33. The van der Waals surface area contributed by atoms with E-state index < -0.39 is 59.9 Å². The van der Waals surface area contributed by atoms with E-state index in [1.54, 1.807) is 49.1 Å². The zero-order chi connectivity index (χ0) is 36.8. The Bertz CT molecular complexity index is 1710. The van der Waals surface area contributed by atoms with Crippen molar-refractivity contribution in [1.29, 1.82) is 0 Å². The molecule has 6 unspecified atom stereocenters. The molecule has 0 radical (unpaired) electrons. The van der Waals surface area contributed by atoms with Crippen molar-refractivity contribution in [3.05, 3.63) is 77.6 Å². The smallest absolute Gasteiger partial charge is 0.326 e. The summed E-state index contributed by atoms with van der Waals surface area (Å²) in [6, 6.07) is 10.6. The summed E-state index contributed by atoms with van der Waals surface area (Å²) in [6.07, 6.45) is 1.95. The molecule has 3 aliphatic rings. The zero-order valence-electron chi connectivity index (χ0n) is 29.5. The average Bonchev–Trinajstić information content (AvgIpc) is 3.79. The summed E-state index contributed by atoms with van der Waals surface area (Å²) in [4.78, 5) is 70.9. The summed E-state index contributed by atoms with van der Waals surface area (Å²) in [5, 5.41) is 27.4. The van der Waals surface area contributed by atoms with Gasteiger partial charge in [0.1, 0.15) is 42.2 Å². The number of likely N-dealkylation sites (tertiary alicyclic amines) is 1. The van der Waals surface area contributed by atoms with Crippen LogP contribution in [0.15, 0.2) is 60.8 Å². The van der Waals surface area contributed by atoms with Gasteiger partial charge in [0, 0.05) is 32.9 Å². The highest BCUT2D eigenvalue weighted by Crippen LogP contribution is 2.29. The number of hydrogen-bond donors (Lipinski definition) is 4. The number of amides is 4. The number of carboxylic acids is 1. The first-order chi connectivity index (χ1) is 24.4. The maximum absolute atomic E-state index is 14.3. The molecule has 6 atom stereocenters. The second kappa shape index (κ2) is 16.1. The van der Waals surface area contributed by atoms with Crippen LogP contribution in [0.4, 0.5) is 0 Å². The molecule has 1 aromatic heterocycles. The van der Waals surface area contributed by atoms with Gasteiger partial charge in [0.15, 0.2) is 0 Å². The lowest BCUT2D eigenvalue weighted by Crippen LogP contribution is -2.59. The number of likely N-dealkylation sites (N-methyl/N-ethyl adjacent to an activating group) is 2. The van der Waals surface area contributed by atoms with E-state index in [0.29, 0.717) is 17.0 Å². The minimum Gasteiger partial charge on any atom is -0.487 e. The molecule has 6 bridgehead atoms. The van der Waals surface area contributed by atoms with Crippen LogP contribution in [0.2, 0.25) is 0 Å². The first-order valence-corrected chi connectivity index (χ1v) is 17.1. The SMILES string of the molecule is CNC(C)C(=O)NC(C(=O)N1CC2CC1C(=O)NC(Cc1ccccc1)C(=O)N(C)C(C(=O)O)Cc1ccc(cc1)OCc1cn2nn1)C(C)C. The van der Waals surface area contributed by atoms with Crippen LogP contribution in [0.5, 0.6) is 5.75 Å². The molecule has 51 heavy (non-hydrogen) atoms. The molecule has 4 heterocycles. The zero-order valence-corrected chi connectivity index (χ0v) is 29.5. The van der Waals surface area contributed by atoms with Crippen LogP contribution >= 0.6 is 0 Å². The largest absolute Gasteiger partial charge is 0.487 e. The fourth-order valence-corrected chi connectivity index (χ4v) is 6.37. The second-order valence-corrected chi connectivity index (χ2v) is 13.5. The van der Waals surface area contributed by atoms with Crippen LogP contribution in [-0.2, 0) is 43.4 Å². The first kappa shape index (κ1) is 37.0. The third-order valence-corrected chi connectivity index (χ3v) is 9.59. The number of aliphatic carboxylic acids is 1. The average molecular weight is 703 g/mol. The molecular weight excluding hydrogens is 656 g/mol. The van der Waals surface area contributed by atoms with Crippen molar-refractivity contribution < 1.29 is 33.8 Å². The van der Waals surface area contributed by atoms with E-state index in [9.17, 15) is 29.1 Å². The molecule has 0 saturated carbocycles. The number of rotatable bonds is 8. The summed E-state index contributed by atoms with van der Waals surface area (Å²) in [6.45, 7) is 5.48. The molecule has 272 valence electrons. The molecule has 4 amide bonds. The van der Waals surface area contributed by atoms with E-state index in [0.717, 1.165) is 10.5 Å². The van der Waals surface area contributed by atoms with E-state index in [1.807, 2.05) is 44.2 Å². The summed E-state index contributed by atoms with van der Waals surface area (Å²) in [5.41, 5.74) is 1.94. The van der Waals surface area contributed by atoms with Crippen LogP contribution in [-0.4, -0.2) is 110 Å². The Balaban J connectivity index is 1.54. The second-order valence-electron chi connectivity index (χ2n) is 13.5. The van der Waals surface area contributed by atoms with Crippen molar-refractivity contribution in [2.45, 2.75) is 82.9 Å². The summed E-state index contributed by atoms with van der Waals surface area (Å²) in [5.74, 6) is -2.98. The molecule has 15 heteroatoms. The van der Waals surface area contributed by atoms with Crippen LogP contribution in [0.1, 0.15) is 50.1 Å². The Hall–Kier alpha value is -5.31. The number of carbonyl (C=O) groups is 5. The Labute approximate surface area is 296 Å². The normalized spacial score (nSPS) is 22.3. The van der Waals surface area contributed by atoms with E-state index in [-0.39, 0.29) is 44.2 Å². The van der Waals surface area contributed by atoms with Gasteiger partial charge in [0.05, 0.1) is 18.3 Å². The fourth-order valence-electron chi connectivity index (χ4n) is 6.37. The van der Waals surface area contributed by atoms with Gasteiger partial charge in [-0.3, -0.25) is 19.2 Å². The van der Waals surface area contributed by atoms with Gasteiger partial charge in [-0.15, -0.1) is 5.10 Å². The topological polar surface area (TPSA) is 188 Å². The van der Waals surface area contributed by atoms with E-state index in [1.165, 1.54) is 11.9 Å². The number of nitrogens with zero attached hydrogens (tertiary/aromatic N) is 5. The van der Waals surface area contributed by atoms with Gasteiger partial charge in [0.25, 0.3) is 0 Å². The maximum Gasteiger partial charge on any atom is 0.326 e. The standard InChI is InChI=1S/C36H46N8O7/c1-21(2)31(39-32(45)22(3)37-4)35(48)43-19-26-17-29(43)33(46)38-28(15-23-9-7-6-8-10-23)34(47)42(5)30(36(49)50)16-24-11-13-27(14-12-24)51-20-25-18-44(26)41-40-25/h6-14,18,21-22,26,28-31,37H,15-17,19-20H2,1-5H3,(H,38,46)(H,39,45)(H,49,50). The Morgan fingerprint density at radius 1 is 1.06 bits per heavy atom. The van der Waals surface area contributed by atoms with Crippen LogP contribution in [0.25, 0.3) is 0 Å². The van der Waals surface area contributed by atoms with Crippen LogP contribution in [0.3, 0.4) is 0 Å². The van der Waals surface area contributed by atoms with Crippen molar-refractivity contribution in [2.75, 3.05) is 20.6 Å². The number of fused-ring (bicyclic) bond motifs is 9. The van der Waals surface area contributed by atoms with Gasteiger partial charge in [-0.2, -0.15) is 0 Å². The predicted octanol–water partition coefficient (Wildman–Crippen LogP) is 0.943. The van der Waals surface area contributed by atoms with Gasteiger partial charge < -0.3 is 35.6 Å². The number of carbonyl (C=O) groups excluding carboxylic acids is 4. The summed E-state index contributed by atoms with van der Waals surface area (Å²) >= 11 is 0.